The van der Waals surface area contributed by atoms with Crippen LogP contribution in [0.1, 0.15) is 10.5 Å². The van der Waals surface area contributed by atoms with Crippen LogP contribution in [0.5, 0.6) is 0 Å². The summed E-state index contributed by atoms with van der Waals surface area (Å²) in [6.45, 7) is 0. The van der Waals surface area contributed by atoms with E-state index in [1.54, 1.807) is 6.07 Å². The third kappa shape index (κ3) is 3.28. The molecule has 4 nitrogen and oxygen atoms in total. The number of amides is 1. The van der Waals surface area contributed by atoms with Crippen LogP contribution in [0, 0.1) is 0 Å². The standard InChI is InChI=1S/C11H6Br2ClN3O/c12-6-1-2-7(13)8(3-6)17-11(18)9-4-16-10(14)5-15-9/h1-5H,(H,17,18). The first-order valence-electron chi connectivity index (χ1n) is 4.80. The summed E-state index contributed by atoms with van der Waals surface area (Å²) < 4.78 is 1.64. The molecule has 0 atom stereocenters. The van der Waals surface area contributed by atoms with Gasteiger partial charge < -0.3 is 5.32 Å². The maximum atomic E-state index is 11.9. The van der Waals surface area contributed by atoms with Gasteiger partial charge in [0, 0.05) is 8.95 Å². The number of carbonyl (C=O) groups excluding carboxylic acids is 1. The van der Waals surface area contributed by atoms with E-state index < -0.39 is 0 Å². The zero-order chi connectivity index (χ0) is 13.1. The number of rotatable bonds is 2. The smallest absolute Gasteiger partial charge is 0.275 e. The topological polar surface area (TPSA) is 54.9 Å². The summed E-state index contributed by atoms with van der Waals surface area (Å²) in [5.41, 5.74) is 0.845. The molecule has 0 spiro atoms. The van der Waals surface area contributed by atoms with E-state index in [9.17, 15) is 4.79 Å². The number of aromatic nitrogens is 2. The average molecular weight is 391 g/mol. The molecule has 2 aromatic rings. The Kier molecular flexibility index (Phi) is 4.31. The van der Waals surface area contributed by atoms with E-state index in [1.165, 1.54) is 12.4 Å². The molecule has 0 aliphatic carbocycles. The Morgan fingerprint density at radius 1 is 1.22 bits per heavy atom. The van der Waals surface area contributed by atoms with Gasteiger partial charge in [0.1, 0.15) is 10.8 Å². The fraction of sp³-hybridized carbons (Fsp3) is 0. The summed E-state index contributed by atoms with van der Waals surface area (Å²) in [7, 11) is 0. The molecule has 1 aromatic carbocycles. The van der Waals surface area contributed by atoms with Gasteiger partial charge in [-0.15, -0.1) is 0 Å². The second-order valence-corrected chi connectivity index (χ2v) is 5.46. The van der Waals surface area contributed by atoms with E-state index in [0.717, 1.165) is 8.95 Å². The highest BCUT2D eigenvalue weighted by molar-refractivity contribution is 9.11. The molecule has 0 fully saturated rings. The molecule has 0 radical (unpaired) electrons. The van der Waals surface area contributed by atoms with Gasteiger partial charge in [-0.2, -0.15) is 0 Å². The third-order valence-electron chi connectivity index (χ3n) is 2.03. The van der Waals surface area contributed by atoms with Gasteiger partial charge in [0.15, 0.2) is 0 Å². The first-order valence-corrected chi connectivity index (χ1v) is 6.76. The maximum Gasteiger partial charge on any atom is 0.275 e. The van der Waals surface area contributed by atoms with Crippen molar-refractivity contribution in [3.05, 3.63) is 50.4 Å². The zero-order valence-corrected chi connectivity index (χ0v) is 12.8. The summed E-state index contributed by atoms with van der Waals surface area (Å²) in [4.78, 5) is 19.6. The number of halogens is 3. The van der Waals surface area contributed by atoms with Crippen molar-refractivity contribution in [2.45, 2.75) is 0 Å². The highest BCUT2D eigenvalue weighted by Crippen LogP contribution is 2.26. The van der Waals surface area contributed by atoms with Gasteiger partial charge in [-0.1, -0.05) is 27.5 Å². The van der Waals surface area contributed by atoms with E-state index in [0.29, 0.717) is 5.69 Å². The molecule has 0 aliphatic rings. The van der Waals surface area contributed by atoms with Gasteiger partial charge >= 0.3 is 0 Å². The number of carbonyl (C=O) groups is 1. The Labute approximate surface area is 125 Å². The van der Waals surface area contributed by atoms with E-state index in [2.05, 4.69) is 47.1 Å². The molecule has 1 N–H and O–H groups in total. The van der Waals surface area contributed by atoms with E-state index in [1.807, 2.05) is 12.1 Å². The van der Waals surface area contributed by atoms with Crippen molar-refractivity contribution in [3.8, 4) is 0 Å². The fourth-order valence-corrected chi connectivity index (χ4v) is 2.01. The van der Waals surface area contributed by atoms with Crippen LogP contribution in [0.2, 0.25) is 5.15 Å². The van der Waals surface area contributed by atoms with Crippen LogP contribution >= 0.6 is 43.5 Å². The quantitative estimate of drug-likeness (QED) is 0.845. The van der Waals surface area contributed by atoms with Crippen molar-refractivity contribution in [2.75, 3.05) is 5.32 Å². The van der Waals surface area contributed by atoms with Gasteiger partial charge in [0.05, 0.1) is 18.1 Å². The number of hydrogen-bond acceptors (Lipinski definition) is 3. The normalized spacial score (nSPS) is 10.2. The summed E-state index contributed by atoms with van der Waals surface area (Å²) in [6.07, 6.45) is 2.65. The predicted octanol–water partition coefficient (Wildman–Crippen LogP) is 3.91. The predicted molar refractivity (Wildman–Crippen MR) is 76.8 cm³/mol. The van der Waals surface area contributed by atoms with Crippen molar-refractivity contribution in [1.82, 2.24) is 9.97 Å². The SMILES string of the molecule is O=C(Nc1cc(Br)ccc1Br)c1cnc(Cl)cn1. The van der Waals surface area contributed by atoms with Crippen LogP contribution in [-0.4, -0.2) is 15.9 Å². The van der Waals surface area contributed by atoms with Crippen molar-refractivity contribution in [3.63, 3.8) is 0 Å². The Hall–Kier alpha value is -0.980. The third-order valence-corrected chi connectivity index (χ3v) is 3.41. The summed E-state index contributed by atoms with van der Waals surface area (Å²) in [5, 5.41) is 2.97. The van der Waals surface area contributed by atoms with Crippen LogP contribution in [0.25, 0.3) is 0 Å². The molecule has 2 rings (SSSR count). The lowest BCUT2D eigenvalue weighted by atomic mass is 10.3. The summed E-state index contributed by atoms with van der Waals surface area (Å²) in [5.74, 6) is -0.349. The van der Waals surface area contributed by atoms with Crippen LogP contribution in [0.15, 0.2) is 39.5 Å². The molecule has 92 valence electrons. The number of nitrogens with zero attached hydrogens (tertiary/aromatic N) is 2. The minimum Gasteiger partial charge on any atom is -0.320 e. The molecule has 0 unspecified atom stereocenters. The van der Waals surface area contributed by atoms with Gasteiger partial charge in [-0.05, 0) is 34.1 Å². The van der Waals surface area contributed by atoms with Crippen LogP contribution in [0.4, 0.5) is 5.69 Å². The summed E-state index contributed by atoms with van der Waals surface area (Å²) >= 11 is 12.3. The summed E-state index contributed by atoms with van der Waals surface area (Å²) in [6, 6.07) is 5.47. The van der Waals surface area contributed by atoms with Gasteiger partial charge in [-0.25, -0.2) is 9.97 Å². The lowest BCUT2D eigenvalue weighted by molar-refractivity contribution is 0.102. The van der Waals surface area contributed by atoms with Crippen molar-refractivity contribution < 1.29 is 4.79 Å². The average Bonchev–Trinajstić information content (AvgIpc) is 2.34. The minimum atomic E-state index is -0.349. The molecule has 18 heavy (non-hydrogen) atoms. The Morgan fingerprint density at radius 2 is 2.00 bits per heavy atom. The lowest BCUT2D eigenvalue weighted by Gasteiger charge is -2.07. The molecule has 0 bridgehead atoms. The molecule has 0 saturated carbocycles. The molecular formula is C11H6Br2ClN3O. The number of anilines is 1. The molecule has 0 aliphatic heterocycles. The van der Waals surface area contributed by atoms with Crippen LogP contribution < -0.4 is 5.32 Å². The first kappa shape index (κ1) is 13.5. The molecule has 7 heteroatoms. The largest absolute Gasteiger partial charge is 0.320 e. The van der Waals surface area contributed by atoms with Crippen molar-refractivity contribution in [1.29, 1.82) is 0 Å². The Balaban J connectivity index is 2.21. The minimum absolute atomic E-state index is 0.200. The van der Waals surface area contributed by atoms with Gasteiger partial charge in [0.25, 0.3) is 5.91 Å². The van der Waals surface area contributed by atoms with Crippen molar-refractivity contribution in [2.24, 2.45) is 0 Å². The van der Waals surface area contributed by atoms with Crippen LogP contribution in [-0.2, 0) is 0 Å². The van der Waals surface area contributed by atoms with E-state index >= 15 is 0 Å². The lowest BCUT2D eigenvalue weighted by Crippen LogP contribution is -2.14. The Morgan fingerprint density at radius 3 is 2.67 bits per heavy atom. The maximum absolute atomic E-state index is 11.9. The molecular weight excluding hydrogens is 385 g/mol. The van der Waals surface area contributed by atoms with Gasteiger partial charge in [-0.3, -0.25) is 4.79 Å². The van der Waals surface area contributed by atoms with E-state index in [-0.39, 0.29) is 16.8 Å². The molecule has 1 heterocycles. The molecule has 1 aromatic heterocycles. The molecule has 0 saturated heterocycles. The molecule has 1 amide bonds. The Bertz CT molecular complexity index is 589. The van der Waals surface area contributed by atoms with Crippen molar-refractivity contribution >= 4 is 55.1 Å². The number of nitrogens with one attached hydrogen (secondary N) is 1. The number of benzene rings is 1. The highest BCUT2D eigenvalue weighted by atomic mass is 79.9. The monoisotopic (exact) mass is 389 g/mol. The van der Waals surface area contributed by atoms with Gasteiger partial charge in [0.2, 0.25) is 0 Å². The highest BCUT2D eigenvalue weighted by Gasteiger charge is 2.10. The van der Waals surface area contributed by atoms with E-state index in [4.69, 9.17) is 11.6 Å². The fourth-order valence-electron chi connectivity index (χ4n) is 1.21. The first-order chi connectivity index (χ1) is 8.56. The second kappa shape index (κ2) is 5.77. The number of hydrogen-bond donors (Lipinski definition) is 1. The zero-order valence-electron chi connectivity index (χ0n) is 8.82. The van der Waals surface area contributed by atoms with Crippen LogP contribution in [0.3, 0.4) is 0 Å². The second-order valence-electron chi connectivity index (χ2n) is 3.30.